The average Bonchev–Trinajstić information content (AvgIpc) is 2.25. The Morgan fingerprint density at radius 2 is 1.78 bits per heavy atom. The Morgan fingerprint density at radius 3 is 2.22 bits per heavy atom. The standard InChI is InChI=1S/C11H14Cl2FNO2S/c1-7(2)18(16,17)4-3-15-8-5-9(12)11(14)10(13)6-8/h5-7,15H,3-4H2,1-2H3. The lowest BCUT2D eigenvalue weighted by Gasteiger charge is -2.10. The molecule has 0 spiro atoms. The molecular formula is C11H14Cl2FNO2S. The van der Waals surface area contributed by atoms with Crippen molar-refractivity contribution in [3.63, 3.8) is 0 Å². The van der Waals surface area contributed by atoms with Gasteiger partial charge in [-0.3, -0.25) is 0 Å². The van der Waals surface area contributed by atoms with Gasteiger partial charge in [0.15, 0.2) is 15.7 Å². The van der Waals surface area contributed by atoms with E-state index in [0.717, 1.165) is 0 Å². The number of hydrogen-bond acceptors (Lipinski definition) is 3. The van der Waals surface area contributed by atoms with Gasteiger partial charge in [-0.1, -0.05) is 23.2 Å². The first-order valence-corrected chi connectivity index (χ1v) is 7.81. The molecule has 102 valence electrons. The van der Waals surface area contributed by atoms with Crippen molar-refractivity contribution < 1.29 is 12.8 Å². The largest absolute Gasteiger partial charge is 0.384 e. The normalized spacial score (nSPS) is 11.9. The molecule has 0 saturated heterocycles. The van der Waals surface area contributed by atoms with E-state index < -0.39 is 20.9 Å². The van der Waals surface area contributed by atoms with Gasteiger partial charge in [0, 0.05) is 12.2 Å². The van der Waals surface area contributed by atoms with E-state index in [-0.39, 0.29) is 22.3 Å². The minimum atomic E-state index is -3.10. The van der Waals surface area contributed by atoms with Gasteiger partial charge in [-0.2, -0.15) is 0 Å². The highest BCUT2D eigenvalue weighted by atomic mass is 35.5. The van der Waals surface area contributed by atoms with Crippen LogP contribution in [0.3, 0.4) is 0 Å². The summed E-state index contributed by atoms with van der Waals surface area (Å²) in [5.41, 5.74) is 0.491. The molecule has 0 radical (unpaired) electrons. The third-order valence-electron chi connectivity index (χ3n) is 2.42. The van der Waals surface area contributed by atoms with Gasteiger partial charge in [0.25, 0.3) is 0 Å². The van der Waals surface area contributed by atoms with E-state index in [9.17, 15) is 12.8 Å². The monoisotopic (exact) mass is 313 g/mol. The predicted octanol–water partition coefficient (Wildman–Crippen LogP) is 3.37. The molecule has 0 atom stereocenters. The molecule has 18 heavy (non-hydrogen) atoms. The summed E-state index contributed by atoms with van der Waals surface area (Å²) in [5.74, 6) is -0.684. The van der Waals surface area contributed by atoms with Crippen molar-refractivity contribution in [3.8, 4) is 0 Å². The van der Waals surface area contributed by atoms with Gasteiger partial charge in [-0.25, -0.2) is 12.8 Å². The number of nitrogens with one attached hydrogen (secondary N) is 1. The molecule has 0 unspecified atom stereocenters. The highest BCUT2D eigenvalue weighted by Gasteiger charge is 2.15. The van der Waals surface area contributed by atoms with Crippen LogP contribution in [0.4, 0.5) is 10.1 Å². The summed E-state index contributed by atoms with van der Waals surface area (Å²) in [7, 11) is -3.10. The van der Waals surface area contributed by atoms with Crippen LogP contribution in [0.5, 0.6) is 0 Å². The van der Waals surface area contributed by atoms with Crippen LogP contribution in [0, 0.1) is 5.82 Å². The van der Waals surface area contributed by atoms with Crippen LogP contribution < -0.4 is 5.32 Å². The maximum absolute atomic E-state index is 13.1. The van der Waals surface area contributed by atoms with Crippen LogP contribution in [-0.4, -0.2) is 26.0 Å². The van der Waals surface area contributed by atoms with Crippen molar-refractivity contribution in [1.82, 2.24) is 0 Å². The van der Waals surface area contributed by atoms with Crippen LogP contribution in [0.2, 0.25) is 10.0 Å². The zero-order valence-electron chi connectivity index (χ0n) is 10.0. The van der Waals surface area contributed by atoms with Crippen molar-refractivity contribution in [2.45, 2.75) is 19.1 Å². The van der Waals surface area contributed by atoms with E-state index in [1.807, 2.05) is 0 Å². The van der Waals surface area contributed by atoms with Crippen molar-refractivity contribution >= 4 is 38.7 Å². The van der Waals surface area contributed by atoms with Crippen LogP contribution >= 0.6 is 23.2 Å². The van der Waals surface area contributed by atoms with Crippen LogP contribution in [0.25, 0.3) is 0 Å². The summed E-state index contributed by atoms with van der Waals surface area (Å²) in [6, 6.07) is 2.73. The quantitative estimate of drug-likeness (QED) is 0.848. The molecule has 0 bridgehead atoms. The number of benzene rings is 1. The molecule has 0 aliphatic carbocycles. The van der Waals surface area contributed by atoms with Crippen molar-refractivity contribution in [1.29, 1.82) is 0 Å². The Labute approximate surface area is 116 Å². The molecule has 0 aromatic heterocycles. The third kappa shape index (κ3) is 4.00. The zero-order valence-corrected chi connectivity index (χ0v) is 12.3. The summed E-state index contributed by atoms with van der Waals surface area (Å²) in [5, 5.41) is 2.23. The van der Waals surface area contributed by atoms with E-state index in [2.05, 4.69) is 5.32 Å². The Morgan fingerprint density at radius 1 is 1.28 bits per heavy atom. The van der Waals surface area contributed by atoms with E-state index in [4.69, 9.17) is 23.2 Å². The van der Waals surface area contributed by atoms with E-state index in [1.54, 1.807) is 13.8 Å². The number of anilines is 1. The molecule has 1 N–H and O–H groups in total. The number of rotatable bonds is 5. The molecule has 0 saturated carbocycles. The van der Waals surface area contributed by atoms with Crippen molar-refractivity contribution in [3.05, 3.63) is 28.0 Å². The minimum absolute atomic E-state index is 0.00270. The Hall–Kier alpha value is -0.520. The van der Waals surface area contributed by atoms with Crippen LogP contribution in [0.15, 0.2) is 12.1 Å². The third-order valence-corrected chi connectivity index (χ3v) is 5.18. The zero-order chi connectivity index (χ0) is 13.9. The second-order valence-corrected chi connectivity index (χ2v) is 7.59. The molecule has 0 amide bonds. The van der Waals surface area contributed by atoms with Gasteiger partial charge in [0.1, 0.15) is 0 Å². The van der Waals surface area contributed by atoms with E-state index in [0.29, 0.717) is 5.69 Å². The molecular weight excluding hydrogens is 300 g/mol. The van der Waals surface area contributed by atoms with Gasteiger partial charge in [-0.15, -0.1) is 0 Å². The van der Waals surface area contributed by atoms with Crippen LogP contribution in [-0.2, 0) is 9.84 Å². The number of halogens is 3. The highest BCUT2D eigenvalue weighted by molar-refractivity contribution is 7.92. The van der Waals surface area contributed by atoms with Gasteiger partial charge in [-0.05, 0) is 26.0 Å². The molecule has 0 fully saturated rings. The molecule has 0 aliphatic rings. The van der Waals surface area contributed by atoms with E-state index in [1.165, 1.54) is 12.1 Å². The molecule has 0 aliphatic heterocycles. The fourth-order valence-electron chi connectivity index (χ4n) is 1.23. The fraction of sp³-hybridized carbons (Fsp3) is 0.455. The summed E-state index contributed by atoms with van der Waals surface area (Å²) >= 11 is 11.2. The Kier molecular flexibility index (Phi) is 5.25. The maximum atomic E-state index is 13.1. The molecule has 1 aromatic rings. The molecule has 1 rings (SSSR count). The lowest BCUT2D eigenvalue weighted by atomic mass is 10.3. The minimum Gasteiger partial charge on any atom is -0.384 e. The number of hydrogen-bond donors (Lipinski definition) is 1. The summed E-state index contributed by atoms with van der Waals surface area (Å²) in [6.07, 6.45) is 0. The Balaban J connectivity index is 2.66. The first-order chi connectivity index (χ1) is 8.24. The van der Waals surface area contributed by atoms with Gasteiger partial charge in [0.05, 0.1) is 21.0 Å². The lowest BCUT2D eigenvalue weighted by Crippen LogP contribution is -2.22. The molecule has 7 heteroatoms. The maximum Gasteiger partial charge on any atom is 0.160 e. The molecule has 1 aromatic carbocycles. The topological polar surface area (TPSA) is 46.2 Å². The van der Waals surface area contributed by atoms with Gasteiger partial charge < -0.3 is 5.32 Å². The fourth-order valence-corrected chi connectivity index (χ4v) is 2.58. The smallest absolute Gasteiger partial charge is 0.160 e. The van der Waals surface area contributed by atoms with E-state index >= 15 is 0 Å². The van der Waals surface area contributed by atoms with Gasteiger partial charge >= 0.3 is 0 Å². The second-order valence-electron chi connectivity index (χ2n) is 4.10. The first-order valence-electron chi connectivity index (χ1n) is 5.34. The Bertz CT molecular complexity index is 509. The predicted molar refractivity (Wildman–Crippen MR) is 73.8 cm³/mol. The second kappa shape index (κ2) is 6.08. The van der Waals surface area contributed by atoms with Crippen molar-refractivity contribution in [2.75, 3.05) is 17.6 Å². The number of sulfone groups is 1. The van der Waals surface area contributed by atoms with Crippen LogP contribution in [0.1, 0.15) is 13.8 Å². The highest BCUT2D eigenvalue weighted by Crippen LogP contribution is 2.27. The average molecular weight is 314 g/mol. The summed E-state index contributed by atoms with van der Waals surface area (Å²) in [4.78, 5) is 0. The van der Waals surface area contributed by atoms with Gasteiger partial charge in [0.2, 0.25) is 0 Å². The summed E-state index contributed by atoms with van der Waals surface area (Å²) < 4.78 is 36.3. The SMILES string of the molecule is CC(C)S(=O)(=O)CCNc1cc(Cl)c(F)c(Cl)c1. The summed E-state index contributed by atoms with van der Waals surface area (Å²) in [6.45, 7) is 3.47. The van der Waals surface area contributed by atoms with Crippen molar-refractivity contribution in [2.24, 2.45) is 0 Å². The first kappa shape index (κ1) is 15.5. The molecule has 0 heterocycles. The lowest BCUT2D eigenvalue weighted by molar-refractivity contribution is 0.587. The molecule has 3 nitrogen and oxygen atoms in total.